The molecule has 0 bridgehead atoms. The van der Waals surface area contributed by atoms with Crippen LogP contribution < -0.4 is 10.6 Å². The van der Waals surface area contributed by atoms with E-state index < -0.39 is 17.5 Å². The number of para-hydroxylation sites is 1. The molecule has 1 amide bonds. The van der Waals surface area contributed by atoms with Crippen LogP contribution in [0.25, 0.3) is 10.9 Å². The van der Waals surface area contributed by atoms with E-state index in [4.69, 9.17) is 0 Å². The molecule has 0 saturated carbocycles. The lowest BCUT2D eigenvalue weighted by Crippen LogP contribution is -2.12. The fraction of sp³-hybridized carbons (Fsp3) is 0. The minimum Gasteiger partial charge on any atom is -0.338 e. The smallest absolute Gasteiger partial charge is 0.255 e. The van der Waals surface area contributed by atoms with Gasteiger partial charge in [0.15, 0.2) is 11.6 Å². The first-order valence-corrected chi connectivity index (χ1v) is 8.43. The third-order valence-electron chi connectivity index (χ3n) is 4.10. The molecule has 0 unspecified atom stereocenters. The van der Waals surface area contributed by atoms with Crippen molar-refractivity contribution in [1.82, 2.24) is 9.97 Å². The molecule has 0 aliphatic carbocycles. The van der Waals surface area contributed by atoms with Gasteiger partial charge in [0.2, 0.25) is 0 Å². The van der Waals surface area contributed by atoms with Crippen LogP contribution in [0.3, 0.4) is 0 Å². The molecule has 0 radical (unpaired) electrons. The fourth-order valence-corrected chi connectivity index (χ4v) is 2.73. The van der Waals surface area contributed by atoms with Crippen LogP contribution in [-0.4, -0.2) is 15.9 Å². The summed E-state index contributed by atoms with van der Waals surface area (Å²) in [4.78, 5) is 20.8. The van der Waals surface area contributed by atoms with E-state index in [9.17, 15) is 13.6 Å². The van der Waals surface area contributed by atoms with Gasteiger partial charge in [-0.2, -0.15) is 0 Å². The standard InChI is InChI=1S/C21H14F2N4O/c22-16-8-6-14(11-17(16)23)21(28)26-15-7-9-19(25-12-15)27-18-5-1-3-13-4-2-10-24-20(13)18/h1-12H,(H,25,27)(H,26,28). The van der Waals surface area contributed by atoms with Crippen LogP contribution in [0.4, 0.5) is 26.0 Å². The fourth-order valence-electron chi connectivity index (χ4n) is 2.73. The molecule has 138 valence electrons. The van der Waals surface area contributed by atoms with Crippen LogP contribution in [0, 0.1) is 11.6 Å². The Hall–Kier alpha value is -3.87. The van der Waals surface area contributed by atoms with Crippen molar-refractivity contribution in [3.63, 3.8) is 0 Å². The van der Waals surface area contributed by atoms with Gasteiger partial charge in [-0.1, -0.05) is 18.2 Å². The molecule has 2 N–H and O–H groups in total. The number of fused-ring (bicyclic) bond motifs is 1. The molecule has 28 heavy (non-hydrogen) atoms. The molecule has 0 spiro atoms. The lowest BCUT2D eigenvalue weighted by Gasteiger charge is -2.10. The van der Waals surface area contributed by atoms with E-state index in [1.165, 1.54) is 12.3 Å². The third-order valence-corrected chi connectivity index (χ3v) is 4.10. The van der Waals surface area contributed by atoms with Crippen molar-refractivity contribution in [3.8, 4) is 0 Å². The van der Waals surface area contributed by atoms with Gasteiger partial charge in [0.25, 0.3) is 5.91 Å². The van der Waals surface area contributed by atoms with Crippen molar-refractivity contribution in [2.75, 3.05) is 10.6 Å². The zero-order valence-electron chi connectivity index (χ0n) is 14.5. The zero-order valence-corrected chi connectivity index (χ0v) is 14.5. The van der Waals surface area contributed by atoms with E-state index in [0.29, 0.717) is 11.5 Å². The first kappa shape index (κ1) is 17.5. The van der Waals surface area contributed by atoms with E-state index in [1.54, 1.807) is 18.3 Å². The number of anilines is 3. The second-order valence-corrected chi connectivity index (χ2v) is 6.02. The highest BCUT2D eigenvalue weighted by Crippen LogP contribution is 2.24. The molecule has 0 atom stereocenters. The number of rotatable bonds is 4. The Bertz CT molecular complexity index is 1160. The maximum absolute atomic E-state index is 13.3. The largest absolute Gasteiger partial charge is 0.338 e. The van der Waals surface area contributed by atoms with Gasteiger partial charge in [-0.25, -0.2) is 13.8 Å². The van der Waals surface area contributed by atoms with Gasteiger partial charge in [-0.05, 0) is 42.5 Å². The van der Waals surface area contributed by atoms with Crippen molar-refractivity contribution in [2.45, 2.75) is 0 Å². The lowest BCUT2D eigenvalue weighted by atomic mass is 10.2. The van der Waals surface area contributed by atoms with Crippen molar-refractivity contribution >= 4 is 34.0 Å². The summed E-state index contributed by atoms with van der Waals surface area (Å²) >= 11 is 0. The molecule has 7 heteroatoms. The number of nitrogens with zero attached hydrogens (tertiary/aromatic N) is 2. The quantitative estimate of drug-likeness (QED) is 0.531. The third kappa shape index (κ3) is 3.64. The highest BCUT2D eigenvalue weighted by molar-refractivity contribution is 6.04. The van der Waals surface area contributed by atoms with Crippen LogP contribution in [0.2, 0.25) is 0 Å². The van der Waals surface area contributed by atoms with Crippen molar-refractivity contribution in [2.24, 2.45) is 0 Å². The molecule has 0 saturated heterocycles. The molecule has 0 aliphatic rings. The molecule has 5 nitrogen and oxygen atoms in total. The molecule has 0 fully saturated rings. The SMILES string of the molecule is O=C(Nc1ccc(Nc2cccc3cccnc23)nc1)c1ccc(F)c(F)c1. The number of hydrogen-bond acceptors (Lipinski definition) is 4. The van der Waals surface area contributed by atoms with E-state index >= 15 is 0 Å². The summed E-state index contributed by atoms with van der Waals surface area (Å²) in [7, 11) is 0. The number of aromatic nitrogens is 2. The summed E-state index contributed by atoms with van der Waals surface area (Å²) in [6, 6.07) is 16.0. The summed E-state index contributed by atoms with van der Waals surface area (Å²) in [5.74, 6) is -2.06. The number of amides is 1. The number of benzene rings is 2. The van der Waals surface area contributed by atoms with Crippen molar-refractivity contribution in [3.05, 3.63) is 90.3 Å². The second kappa shape index (κ2) is 7.40. The number of hydrogen-bond donors (Lipinski definition) is 2. The Labute approximate surface area is 159 Å². The monoisotopic (exact) mass is 376 g/mol. The van der Waals surface area contributed by atoms with Gasteiger partial charge >= 0.3 is 0 Å². The van der Waals surface area contributed by atoms with Gasteiger partial charge in [0.1, 0.15) is 5.82 Å². The van der Waals surface area contributed by atoms with Crippen molar-refractivity contribution in [1.29, 1.82) is 0 Å². The van der Waals surface area contributed by atoms with E-state index in [2.05, 4.69) is 20.6 Å². The Morgan fingerprint density at radius 1 is 0.893 bits per heavy atom. The van der Waals surface area contributed by atoms with Gasteiger partial charge < -0.3 is 10.6 Å². The van der Waals surface area contributed by atoms with Gasteiger partial charge in [-0.15, -0.1) is 0 Å². The summed E-state index contributed by atoms with van der Waals surface area (Å²) in [6.45, 7) is 0. The first-order chi connectivity index (χ1) is 13.6. The predicted octanol–water partition coefficient (Wildman–Crippen LogP) is 4.90. The Balaban J connectivity index is 1.49. The van der Waals surface area contributed by atoms with Gasteiger partial charge in [0.05, 0.1) is 23.1 Å². The summed E-state index contributed by atoms with van der Waals surface area (Å²) < 4.78 is 26.3. The van der Waals surface area contributed by atoms with Gasteiger partial charge in [0, 0.05) is 17.1 Å². The van der Waals surface area contributed by atoms with E-state index in [-0.39, 0.29) is 5.56 Å². The van der Waals surface area contributed by atoms with Crippen LogP contribution >= 0.6 is 0 Å². The van der Waals surface area contributed by atoms with E-state index in [0.717, 1.165) is 28.7 Å². The molecule has 4 rings (SSSR count). The first-order valence-electron chi connectivity index (χ1n) is 8.43. The number of nitrogens with one attached hydrogen (secondary N) is 2. The second-order valence-electron chi connectivity index (χ2n) is 6.02. The van der Waals surface area contributed by atoms with Crippen LogP contribution in [0.5, 0.6) is 0 Å². The minimum atomic E-state index is -1.07. The number of carbonyl (C=O) groups excluding carboxylic acids is 1. The molecule has 2 heterocycles. The lowest BCUT2D eigenvalue weighted by molar-refractivity contribution is 0.102. The molecule has 2 aromatic heterocycles. The summed E-state index contributed by atoms with van der Waals surface area (Å²) in [5, 5.41) is 6.79. The normalized spacial score (nSPS) is 10.6. The van der Waals surface area contributed by atoms with Crippen LogP contribution in [0.1, 0.15) is 10.4 Å². The van der Waals surface area contributed by atoms with Crippen molar-refractivity contribution < 1.29 is 13.6 Å². The topological polar surface area (TPSA) is 66.9 Å². The Kier molecular flexibility index (Phi) is 4.63. The highest BCUT2D eigenvalue weighted by Gasteiger charge is 2.10. The maximum atomic E-state index is 13.3. The van der Waals surface area contributed by atoms with Crippen LogP contribution in [-0.2, 0) is 0 Å². The predicted molar refractivity (Wildman–Crippen MR) is 104 cm³/mol. The molecular formula is C21H14F2N4O. The average Bonchev–Trinajstić information content (AvgIpc) is 2.72. The Morgan fingerprint density at radius 3 is 2.54 bits per heavy atom. The molecule has 4 aromatic rings. The van der Waals surface area contributed by atoms with Crippen LogP contribution in [0.15, 0.2) is 73.1 Å². The van der Waals surface area contributed by atoms with E-state index in [1.807, 2.05) is 30.3 Å². The molecule has 0 aliphatic heterocycles. The minimum absolute atomic E-state index is 0.0166. The number of carbonyl (C=O) groups is 1. The summed E-state index contributed by atoms with van der Waals surface area (Å²) in [6.07, 6.45) is 3.19. The number of pyridine rings is 2. The molecular weight excluding hydrogens is 362 g/mol. The zero-order chi connectivity index (χ0) is 19.5. The highest BCUT2D eigenvalue weighted by atomic mass is 19.2. The maximum Gasteiger partial charge on any atom is 0.255 e. The average molecular weight is 376 g/mol. The number of halogens is 2. The molecule has 2 aromatic carbocycles. The summed E-state index contributed by atoms with van der Waals surface area (Å²) in [5.41, 5.74) is 2.07. The van der Waals surface area contributed by atoms with Gasteiger partial charge in [-0.3, -0.25) is 9.78 Å². The Morgan fingerprint density at radius 2 is 1.75 bits per heavy atom.